The van der Waals surface area contributed by atoms with Gasteiger partial charge >= 0.3 is 0 Å². The lowest BCUT2D eigenvalue weighted by molar-refractivity contribution is 0.0946. The van der Waals surface area contributed by atoms with Crippen molar-refractivity contribution in [1.29, 1.82) is 0 Å². The summed E-state index contributed by atoms with van der Waals surface area (Å²) >= 11 is 0. The van der Waals surface area contributed by atoms with Gasteiger partial charge in [0.05, 0.1) is 7.11 Å². The average molecular weight is 247 g/mol. The Morgan fingerprint density at radius 3 is 2.72 bits per heavy atom. The molecule has 0 saturated carbocycles. The van der Waals surface area contributed by atoms with Crippen LogP contribution in [0.5, 0.6) is 5.75 Å². The number of nitrogens with two attached hydrogens (primary N) is 1. The Kier molecular flexibility index (Phi) is 3.47. The maximum atomic E-state index is 11.6. The summed E-state index contributed by atoms with van der Waals surface area (Å²) in [4.78, 5) is 15.4. The lowest BCUT2D eigenvalue weighted by Gasteiger charge is -2.04. The van der Waals surface area contributed by atoms with Crippen LogP contribution in [0.1, 0.15) is 16.1 Å². The van der Waals surface area contributed by atoms with E-state index in [9.17, 15) is 4.79 Å². The number of hydrogen-bond donors (Lipinski definition) is 2. The first-order chi connectivity index (χ1) is 8.69. The quantitative estimate of drug-likeness (QED) is 0.847. The van der Waals surface area contributed by atoms with E-state index < -0.39 is 0 Å². The molecule has 1 heterocycles. The van der Waals surface area contributed by atoms with Crippen LogP contribution in [0, 0.1) is 0 Å². The molecule has 2 rings (SSSR count). The number of hydrogen-bond acceptors (Lipinski definition) is 5. The van der Waals surface area contributed by atoms with Gasteiger partial charge in [0.25, 0.3) is 11.9 Å². The number of amides is 1. The van der Waals surface area contributed by atoms with Crippen LogP contribution in [0.25, 0.3) is 0 Å². The maximum absolute atomic E-state index is 11.6. The zero-order valence-electron chi connectivity index (χ0n) is 9.84. The molecule has 0 unspecified atom stereocenters. The van der Waals surface area contributed by atoms with Gasteiger partial charge in [-0.2, -0.15) is 4.98 Å². The molecule has 0 radical (unpaired) electrons. The van der Waals surface area contributed by atoms with Crippen LogP contribution in [0.15, 0.2) is 34.9 Å². The minimum Gasteiger partial charge on any atom is -0.497 e. The van der Waals surface area contributed by atoms with E-state index in [4.69, 9.17) is 14.9 Å². The predicted molar refractivity (Wildman–Crippen MR) is 65.1 cm³/mol. The number of anilines is 1. The molecule has 0 bridgehead atoms. The molecule has 0 aliphatic carbocycles. The topological polar surface area (TPSA) is 90.4 Å². The Morgan fingerprint density at radius 1 is 1.44 bits per heavy atom. The Bertz CT molecular complexity index is 534. The second kappa shape index (κ2) is 5.22. The summed E-state index contributed by atoms with van der Waals surface area (Å²) in [5.41, 5.74) is 6.41. The predicted octanol–water partition coefficient (Wildman–Crippen LogP) is 1.20. The monoisotopic (exact) mass is 247 g/mol. The molecule has 0 aliphatic heterocycles. The number of carbonyl (C=O) groups is 1. The van der Waals surface area contributed by atoms with Crippen LogP contribution in [-0.2, 0) is 6.54 Å². The van der Waals surface area contributed by atoms with E-state index in [1.807, 2.05) is 24.3 Å². The fourth-order valence-corrected chi connectivity index (χ4v) is 1.41. The summed E-state index contributed by atoms with van der Waals surface area (Å²) in [5.74, 6) is 0.445. The van der Waals surface area contributed by atoms with Gasteiger partial charge in [-0.15, -0.1) is 0 Å². The molecule has 0 spiro atoms. The van der Waals surface area contributed by atoms with Crippen molar-refractivity contribution in [2.24, 2.45) is 0 Å². The molecule has 3 N–H and O–H groups in total. The first-order valence-electron chi connectivity index (χ1n) is 5.31. The standard InChI is InChI=1S/C12H13N3O3/c1-17-9-4-2-8(3-5-9)6-14-11(16)10-7-18-12(13)15-10/h2-5,7H,6H2,1H3,(H2,13,15)(H,14,16). The van der Waals surface area contributed by atoms with Crippen molar-refractivity contribution in [3.63, 3.8) is 0 Å². The molecule has 0 saturated heterocycles. The highest BCUT2D eigenvalue weighted by molar-refractivity contribution is 5.92. The van der Waals surface area contributed by atoms with Crippen LogP contribution in [0.4, 0.5) is 6.01 Å². The molecule has 94 valence electrons. The van der Waals surface area contributed by atoms with Gasteiger partial charge < -0.3 is 20.2 Å². The van der Waals surface area contributed by atoms with E-state index in [2.05, 4.69) is 10.3 Å². The van der Waals surface area contributed by atoms with E-state index in [0.29, 0.717) is 6.54 Å². The zero-order valence-corrected chi connectivity index (χ0v) is 9.84. The number of oxazole rings is 1. The zero-order chi connectivity index (χ0) is 13.0. The first-order valence-corrected chi connectivity index (χ1v) is 5.31. The Labute approximate surface area is 104 Å². The maximum Gasteiger partial charge on any atom is 0.292 e. The van der Waals surface area contributed by atoms with E-state index in [-0.39, 0.29) is 17.6 Å². The minimum atomic E-state index is -0.328. The molecule has 0 aliphatic rings. The number of nitrogens with one attached hydrogen (secondary N) is 1. The van der Waals surface area contributed by atoms with Crippen molar-refractivity contribution in [2.45, 2.75) is 6.54 Å². The van der Waals surface area contributed by atoms with Crippen molar-refractivity contribution in [1.82, 2.24) is 10.3 Å². The van der Waals surface area contributed by atoms with E-state index in [1.165, 1.54) is 6.26 Å². The summed E-state index contributed by atoms with van der Waals surface area (Å²) < 4.78 is 9.80. The third-order valence-electron chi connectivity index (χ3n) is 2.37. The van der Waals surface area contributed by atoms with Gasteiger partial charge in [-0.25, -0.2) is 0 Å². The Hall–Kier alpha value is -2.50. The van der Waals surface area contributed by atoms with Gasteiger partial charge in [0, 0.05) is 6.54 Å². The van der Waals surface area contributed by atoms with Gasteiger partial charge in [-0.1, -0.05) is 12.1 Å². The van der Waals surface area contributed by atoms with Crippen molar-refractivity contribution in [2.75, 3.05) is 12.8 Å². The largest absolute Gasteiger partial charge is 0.497 e. The molecule has 6 nitrogen and oxygen atoms in total. The number of nitrogens with zero attached hydrogens (tertiary/aromatic N) is 1. The van der Waals surface area contributed by atoms with Crippen molar-refractivity contribution in [3.05, 3.63) is 41.8 Å². The lowest BCUT2D eigenvalue weighted by atomic mass is 10.2. The fourth-order valence-electron chi connectivity index (χ4n) is 1.41. The van der Waals surface area contributed by atoms with Gasteiger partial charge in [-0.3, -0.25) is 4.79 Å². The van der Waals surface area contributed by atoms with Crippen LogP contribution >= 0.6 is 0 Å². The number of rotatable bonds is 4. The summed E-state index contributed by atoms with van der Waals surface area (Å²) in [7, 11) is 1.60. The van der Waals surface area contributed by atoms with Gasteiger partial charge in [0.1, 0.15) is 12.0 Å². The van der Waals surface area contributed by atoms with E-state index in [1.54, 1.807) is 7.11 Å². The molecule has 0 fully saturated rings. The normalized spacial score (nSPS) is 10.1. The third-order valence-corrected chi connectivity index (χ3v) is 2.37. The van der Waals surface area contributed by atoms with Crippen LogP contribution < -0.4 is 15.8 Å². The highest BCUT2D eigenvalue weighted by Gasteiger charge is 2.10. The van der Waals surface area contributed by atoms with E-state index in [0.717, 1.165) is 11.3 Å². The third kappa shape index (κ3) is 2.79. The SMILES string of the molecule is COc1ccc(CNC(=O)c2coc(N)n2)cc1. The molecule has 0 atom stereocenters. The Morgan fingerprint density at radius 2 is 2.17 bits per heavy atom. The van der Waals surface area contributed by atoms with Gasteiger partial charge in [0.2, 0.25) is 0 Å². The molecular weight excluding hydrogens is 234 g/mol. The number of aromatic nitrogens is 1. The fraction of sp³-hybridized carbons (Fsp3) is 0.167. The molecule has 6 heteroatoms. The van der Waals surface area contributed by atoms with Crippen LogP contribution in [0.3, 0.4) is 0 Å². The average Bonchev–Trinajstić information content (AvgIpc) is 2.83. The van der Waals surface area contributed by atoms with Crippen molar-refractivity contribution in [3.8, 4) is 5.75 Å². The number of nitrogen functional groups attached to an aromatic ring is 1. The summed E-state index contributed by atoms with van der Waals surface area (Å²) in [5, 5.41) is 2.71. The number of carbonyl (C=O) groups excluding carboxylic acids is 1. The van der Waals surface area contributed by atoms with Crippen LogP contribution in [-0.4, -0.2) is 18.0 Å². The molecule has 1 aromatic carbocycles. The van der Waals surface area contributed by atoms with Gasteiger partial charge in [-0.05, 0) is 17.7 Å². The highest BCUT2D eigenvalue weighted by atomic mass is 16.5. The smallest absolute Gasteiger partial charge is 0.292 e. The molecule has 1 amide bonds. The van der Waals surface area contributed by atoms with Gasteiger partial charge in [0.15, 0.2) is 5.69 Å². The summed E-state index contributed by atoms with van der Waals surface area (Å²) in [6, 6.07) is 7.38. The number of methoxy groups -OCH3 is 1. The van der Waals surface area contributed by atoms with Crippen molar-refractivity contribution < 1.29 is 13.9 Å². The number of benzene rings is 1. The highest BCUT2D eigenvalue weighted by Crippen LogP contribution is 2.11. The Balaban J connectivity index is 1.92. The molecular formula is C12H13N3O3. The number of ether oxygens (including phenoxy) is 1. The lowest BCUT2D eigenvalue weighted by Crippen LogP contribution is -2.23. The second-order valence-corrected chi connectivity index (χ2v) is 3.60. The van der Waals surface area contributed by atoms with Crippen LogP contribution in [0.2, 0.25) is 0 Å². The van der Waals surface area contributed by atoms with Crippen molar-refractivity contribution >= 4 is 11.9 Å². The summed E-state index contributed by atoms with van der Waals surface area (Å²) in [6.07, 6.45) is 1.22. The molecule has 18 heavy (non-hydrogen) atoms. The van der Waals surface area contributed by atoms with E-state index >= 15 is 0 Å². The minimum absolute atomic E-state index is 0.0235. The molecule has 2 aromatic rings. The molecule has 1 aromatic heterocycles. The first kappa shape index (κ1) is 12.0. The second-order valence-electron chi connectivity index (χ2n) is 3.60. The summed E-state index contributed by atoms with van der Waals surface area (Å²) in [6.45, 7) is 0.398.